The minimum Gasteiger partial charge on any atom is -0.372 e. The largest absolute Gasteiger partial charge is 0.425 e. The molecular formula is C20H17F3N2O4. The summed E-state index contributed by atoms with van der Waals surface area (Å²) < 4.78 is 46.8. The Morgan fingerprint density at radius 1 is 1.14 bits per heavy atom. The van der Waals surface area contributed by atoms with Crippen molar-refractivity contribution in [1.82, 2.24) is 4.90 Å². The minimum absolute atomic E-state index is 0.0348. The quantitative estimate of drug-likeness (QED) is 0.810. The molecular weight excluding hydrogens is 389 g/mol. The van der Waals surface area contributed by atoms with Gasteiger partial charge in [0.1, 0.15) is 6.61 Å². The lowest BCUT2D eigenvalue weighted by Crippen LogP contribution is -2.55. The number of primary amides is 1. The van der Waals surface area contributed by atoms with Gasteiger partial charge in [-0.15, -0.1) is 0 Å². The second-order valence-corrected chi connectivity index (χ2v) is 7.12. The van der Waals surface area contributed by atoms with Crippen molar-refractivity contribution in [3.8, 4) is 11.1 Å². The Morgan fingerprint density at radius 3 is 2.45 bits per heavy atom. The second-order valence-electron chi connectivity index (χ2n) is 7.12. The molecule has 0 aromatic heterocycles. The Kier molecular flexibility index (Phi) is 4.39. The molecule has 1 unspecified atom stereocenters. The van der Waals surface area contributed by atoms with Crippen LogP contribution in [0, 0.1) is 0 Å². The zero-order valence-corrected chi connectivity index (χ0v) is 15.1. The third-order valence-electron chi connectivity index (χ3n) is 5.27. The van der Waals surface area contributed by atoms with Crippen LogP contribution in [0.15, 0.2) is 42.5 Å². The predicted molar refractivity (Wildman–Crippen MR) is 95.8 cm³/mol. The summed E-state index contributed by atoms with van der Waals surface area (Å²) in [4.78, 5) is 24.8. The van der Waals surface area contributed by atoms with Gasteiger partial charge >= 0.3 is 6.18 Å². The number of rotatable bonds is 4. The van der Waals surface area contributed by atoms with E-state index in [1.165, 1.54) is 35.2 Å². The fraction of sp³-hybridized carbons (Fsp3) is 0.300. The van der Waals surface area contributed by atoms with Crippen LogP contribution in [0.25, 0.3) is 11.1 Å². The van der Waals surface area contributed by atoms with Crippen molar-refractivity contribution in [3.63, 3.8) is 0 Å². The van der Waals surface area contributed by atoms with Crippen LogP contribution in [0.2, 0.25) is 0 Å². The number of fused-ring (bicyclic) bond motifs is 3. The molecule has 0 spiro atoms. The van der Waals surface area contributed by atoms with Gasteiger partial charge in [0.2, 0.25) is 11.5 Å². The first-order valence-electron chi connectivity index (χ1n) is 8.85. The summed E-state index contributed by atoms with van der Waals surface area (Å²) in [7, 11) is 0. The monoisotopic (exact) mass is 406 g/mol. The third-order valence-corrected chi connectivity index (χ3v) is 5.27. The molecule has 1 aliphatic carbocycles. The van der Waals surface area contributed by atoms with E-state index in [2.05, 4.69) is 0 Å². The van der Waals surface area contributed by atoms with Crippen LogP contribution in [0.3, 0.4) is 0 Å². The predicted octanol–water partition coefficient (Wildman–Crippen LogP) is 1.79. The number of alkyl halides is 3. The van der Waals surface area contributed by atoms with Gasteiger partial charge in [0.25, 0.3) is 5.91 Å². The number of likely N-dealkylation sites (tertiary alicyclic amines) is 1. The molecule has 1 fully saturated rings. The Balaban J connectivity index is 1.63. The van der Waals surface area contributed by atoms with E-state index >= 15 is 0 Å². The van der Waals surface area contributed by atoms with Crippen molar-refractivity contribution >= 4 is 11.8 Å². The molecule has 9 heteroatoms. The van der Waals surface area contributed by atoms with Crippen LogP contribution in [0.4, 0.5) is 13.2 Å². The molecule has 1 saturated heterocycles. The van der Waals surface area contributed by atoms with Gasteiger partial charge in [-0.1, -0.05) is 30.3 Å². The van der Waals surface area contributed by atoms with E-state index < -0.39 is 23.6 Å². The molecule has 0 radical (unpaired) electrons. The number of hydrogen-bond acceptors (Lipinski definition) is 4. The Morgan fingerprint density at radius 2 is 1.79 bits per heavy atom. The zero-order chi connectivity index (χ0) is 21.0. The Labute approximate surface area is 163 Å². The second kappa shape index (κ2) is 6.57. The van der Waals surface area contributed by atoms with Gasteiger partial charge in [-0.2, -0.15) is 13.2 Å². The van der Waals surface area contributed by atoms with Crippen molar-refractivity contribution in [2.45, 2.75) is 17.9 Å². The molecule has 6 nitrogen and oxygen atoms in total. The van der Waals surface area contributed by atoms with Crippen molar-refractivity contribution in [2.24, 2.45) is 5.73 Å². The molecule has 2 aliphatic rings. The summed E-state index contributed by atoms with van der Waals surface area (Å²) in [6.07, 6.45) is -5.31. The number of nitrogens with zero attached hydrogens (tertiary/aromatic N) is 1. The fourth-order valence-electron chi connectivity index (χ4n) is 3.79. The van der Waals surface area contributed by atoms with Gasteiger partial charge in [0, 0.05) is 29.8 Å². The van der Waals surface area contributed by atoms with Crippen molar-refractivity contribution in [1.29, 1.82) is 0 Å². The highest BCUT2D eigenvalue weighted by atomic mass is 19.4. The number of hydrogen-bond donors (Lipinski definition) is 2. The first kappa shape index (κ1) is 19.4. The molecule has 152 valence electrons. The molecule has 2 amide bonds. The van der Waals surface area contributed by atoms with Gasteiger partial charge in [-0.3, -0.25) is 9.59 Å². The minimum atomic E-state index is -4.96. The molecule has 1 atom stereocenters. The smallest absolute Gasteiger partial charge is 0.372 e. The number of nitrogens with two attached hydrogens (primary N) is 1. The summed E-state index contributed by atoms with van der Waals surface area (Å²) in [5.74, 6) is -1.10. The molecule has 4 rings (SSSR count). The first-order valence-corrected chi connectivity index (χ1v) is 8.85. The normalized spacial score (nSPS) is 20.8. The molecule has 2 aromatic carbocycles. The Bertz CT molecular complexity index is 1000. The molecule has 1 heterocycles. The molecule has 0 saturated carbocycles. The van der Waals surface area contributed by atoms with Crippen molar-refractivity contribution in [2.75, 3.05) is 19.7 Å². The molecule has 0 bridgehead atoms. The summed E-state index contributed by atoms with van der Waals surface area (Å²) in [5.41, 5.74) is 1.75. The summed E-state index contributed by atoms with van der Waals surface area (Å²) in [6, 6.07) is 9.73. The highest BCUT2D eigenvalue weighted by Crippen LogP contribution is 2.55. The van der Waals surface area contributed by atoms with Gasteiger partial charge in [0.15, 0.2) is 0 Å². The van der Waals surface area contributed by atoms with Gasteiger partial charge < -0.3 is 20.5 Å². The summed E-state index contributed by atoms with van der Waals surface area (Å²) >= 11 is 0. The maximum absolute atomic E-state index is 13.9. The molecule has 2 aromatic rings. The summed E-state index contributed by atoms with van der Waals surface area (Å²) in [6.45, 7) is 0.141. The van der Waals surface area contributed by atoms with Crippen molar-refractivity contribution < 1.29 is 32.6 Å². The average molecular weight is 406 g/mol. The maximum atomic E-state index is 13.9. The van der Waals surface area contributed by atoms with Gasteiger partial charge in [-0.05, 0) is 23.3 Å². The van der Waals surface area contributed by atoms with E-state index in [0.717, 1.165) is 6.07 Å². The number of carbonyl (C=O) groups excluding carboxylic acids is 2. The topological polar surface area (TPSA) is 92.9 Å². The van der Waals surface area contributed by atoms with Gasteiger partial charge in [-0.25, -0.2) is 0 Å². The Hall–Kier alpha value is -2.91. The number of amides is 2. The number of carbonyl (C=O) groups is 2. The van der Waals surface area contributed by atoms with Crippen LogP contribution < -0.4 is 5.73 Å². The molecule has 29 heavy (non-hydrogen) atoms. The lowest BCUT2D eigenvalue weighted by Gasteiger charge is -2.38. The van der Waals surface area contributed by atoms with Gasteiger partial charge in [0.05, 0.1) is 6.10 Å². The van der Waals surface area contributed by atoms with Crippen LogP contribution >= 0.6 is 0 Å². The average Bonchev–Trinajstić information content (AvgIpc) is 2.90. The van der Waals surface area contributed by atoms with E-state index in [0.29, 0.717) is 0 Å². The van der Waals surface area contributed by atoms with Crippen LogP contribution in [-0.2, 0) is 15.1 Å². The number of halogens is 3. The van der Waals surface area contributed by atoms with Crippen molar-refractivity contribution in [3.05, 3.63) is 59.2 Å². The lowest BCUT2D eigenvalue weighted by molar-refractivity contribution is -0.246. The standard InChI is InChI=1S/C20H17F3N2O4/c21-20(22,23)19(28)15-4-2-1-3-13(15)14-6-5-11(7-16(14)19)18(27)25-8-12(9-25)29-10-17(24)26/h1-7,12,28H,8-10H2,(H2,24,26). The highest BCUT2D eigenvalue weighted by molar-refractivity contribution is 5.96. The SMILES string of the molecule is NC(=O)COC1CN(C(=O)c2ccc3c(c2)C(O)(C(F)(F)F)c2ccccc2-3)C1. The van der Waals surface area contributed by atoms with Crippen LogP contribution in [0.1, 0.15) is 21.5 Å². The summed E-state index contributed by atoms with van der Waals surface area (Å²) in [5, 5.41) is 10.7. The number of aliphatic hydroxyl groups is 1. The lowest BCUT2D eigenvalue weighted by atomic mass is 9.89. The molecule has 3 N–H and O–H groups in total. The van der Waals surface area contributed by atoms with E-state index in [-0.39, 0.29) is 53.6 Å². The number of benzene rings is 2. The van der Waals surface area contributed by atoms with Crippen LogP contribution in [-0.4, -0.2) is 53.8 Å². The molecule has 1 aliphatic heterocycles. The van der Waals surface area contributed by atoms with E-state index in [9.17, 15) is 27.9 Å². The maximum Gasteiger partial charge on any atom is 0.425 e. The van der Waals surface area contributed by atoms with E-state index in [4.69, 9.17) is 10.5 Å². The third kappa shape index (κ3) is 2.97. The zero-order valence-electron chi connectivity index (χ0n) is 15.1. The van der Waals surface area contributed by atoms with E-state index in [1.54, 1.807) is 6.07 Å². The van der Waals surface area contributed by atoms with E-state index in [1.807, 2.05) is 0 Å². The fourth-order valence-corrected chi connectivity index (χ4v) is 3.79. The number of ether oxygens (including phenoxy) is 1. The first-order chi connectivity index (χ1) is 13.6. The highest BCUT2D eigenvalue weighted by Gasteiger charge is 2.60. The van der Waals surface area contributed by atoms with Crippen LogP contribution in [0.5, 0.6) is 0 Å².